The minimum Gasteiger partial charge on any atom is -0.482 e. The Hall–Kier alpha value is -1.36. The number of rotatable bonds is 0. The van der Waals surface area contributed by atoms with Crippen molar-refractivity contribution in [3.05, 3.63) is 30.6 Å². The Morgan fingerprint density at radius 3 is 1.57 bits per heavy atom. The van der Waals surface area contributed by atoms with E-state index in [0.717, 1.165) is 13.2 Å². The number of aliphatic imine (C=N–C) groups is 1. The van der Waals surface area contributed by atoms with Crippen LogP contribution in [0.3, 0.4) is 0 Å². The van der Waals surface area contributed by atoms with E-state index in [4.69, 9.17) is 30.6 Å². The molecule has 0 saturated carbocycles. The van der Waals surface area contributed by atoms with Crippen LogP contribution in [0.1, 0.15) is 0 Å². The molecule has 10 nitrogen and oxygen atoms in total. The Bertz CT molecular complexity index is 159. The first kappa shape index (κ1) is 18.4. The third kappa shape index (κ3) is 74.7. The van der Waals surface area contributed by atoms with E-state index in [0.29, 0.717) is 0 Å². The van der Waals surface area contributed by atoms with Gasteiger partial charge in [0.25, 0.3) is 0 Å². The molecule has 0 bridgehead atoms. The monoisotopic (exact) mass is 219 g/mol. The molecular weight excluding hydrogens is 214 g/mol. The molecule has 11 heteroatoms. The van der Waals surface area contributed by atoms with E-state index in [1.165, 1.54) is 6.40 Å². The molecule has 0 unspecified atom stereocenters. The summed E-state index contributed by atoms with van der Waals surface area (Å²) >= 11 is 0. The van der Waals surface area contributed by atoms with Crippen LogP contribution in [0, 0.1) is 30.6 Å². The molecule has 0 aliphatic carbocycles. The smallest absolute Gasteiger partial charge is 0.482 e. The predicted octanol–water partition coefficient (Wildman–Crippen LogP) is -0.814. The van der Waals surface area contributed by atoms with Crippen molar-refractivity contribution in [2.24, 2.45) is 4.99 Å². The molecule has 0 aromatic heterocycles. The summed E-state index contributed by atoms with van der Waals surface area (Å²) in [7, 11) is 0. The molecule has 1 heterocycles. The molecule has 1 aliphatic rings. The number of ether oxygens (including phenoxy) is 1. The van der Waals surface area contributed by atoms with Crippen molar-refractivity contribution >= 4 is 29.5 Å². The van der Waals surface area contributed by atoms with Crippen LogP contribution in [0.25, 0.3) is 0 Å². The van der Waals surface area contributed by atoms with E-state index in [9.17, 15) is 0 Å². The number of nitrogens with zero attached hydrogens (tertiary/aromatic N) is 3. The van der Waals surface area contributed by atoms with Crippen molar-refractivity contribution in [3.8, 4) is 0 Å². The second kappa shape index (κ2) is 14.2. The van der Waals surface area contributed by atoms with Gasteiger partial charge in [-0.25, -0.2) is 0 Å². The van der Waals surface area contributed by atoms with Crippen molar-refractivity contribution in [1.82, 2.24) is 0 Å². The van der Waals surface area contributed by atoms with Gasteiger partial charge in [-0.3, -0.25) is 4.99 Å². The third-order valence-corrected chi connectivity index (χ3v) is 0.487. The number of hydrogen-bond donors (Lipinski definition) is 0. The maximum Gasteiger partial charge on any atom is 2.00 e. The first-order valence-corrected chi connectivity index (χ1v) is 2.69. The fraction of sp³-hybridized carbons (Fsp3) is 0.667. The minimum absolute atomic E-state index is 0. The van der Waals surface area contributed by atoms with Gasteiger partial charge in [-0.05, 0) is 0 Å². The fourth-order valence-corrected chi connectivity index (χ4v) is 0.264. The summed E-state index contributed by atoms with van der Waals surface area (Å²) in [5.74, 6) is 0. The van der Waals surface area contributed by atoms with Crippen LogP contribution < -0.4 is 0 Å². The zero-order chi connectivity index (χ0) is 10.7. The molecule has 0 aromatic rings. The summed E-state index contributed by atoms with van der Waals surface area (Å²) in [5.41, 5.74) is 0. The topological polar surface area (TPSA) is 154 Å². The van der Waals surface area contributed by atoms with E-state index in [-0.39, 0.29) is 23.1 Å². The summed E-state index contributed by atoms with van der Waals surface area (Å²) < 4.78 is 4.65. The van der Waals surface area contributed by atoms with Crippen LogP contribution in [0.4, 0.5) is 0 Å². The van der Waals surface area contributed by atoms with Crippen LogP contribution in [0.5, 0.6) is 0 Å². The Kier molecular flexibility index (Phi) is 18.7. The van der Waals surface area contributed by atoms with Crippen molar-refractivity contribution in [2.45, 2.75) is 0 Å². The SMILES string of the molecule is C1=NCCO1.O=[N+]([O-])[O-].O=[N+]([O-])[O-].[Mg+2]. The summed E-state index contributed by atoms with van der Waals surface area (Å²) in [6.07, 6.45) is 1.49. The molecule has 0 fully saturated rings. The molecule has 14 heavy (non-hydrogen) atoms. The second-order valence-electron chi connectivity index (χ2n) is 1.33. The Labute approximate surface area is 93.6 Å². The van der Waals surface area contributed by atoms with Crippen LogP contribution in [0.2, 0.25) is 0 Å². The second-order valence-corrected chi connectivity index (χ2v) is 1.33. The molecule has 0 atom stereocenters. The molecule has 1 rings (SSSR count). The maximum atomic E-state index is 8.25. The van der Waals surface area contributed by atoms with Crippen LogP contribution >= 0.6 is 0 Å². The third-order valence-electron chi connectivity index (χ3n) is 0.487. The normalized spacial score (nSPS) is 10.3. The van der Waals surface area contributed by atoms with Gasteiger partial charge in [-0.1, -0.05) is 0 Å². The molecule has 76 valence electrons. The van der Waals surface area contributed by atoms with Gasteiger partial charge < -0.3 is 35.4 Å². The van der Waals surface area contributed by atoms with E-state index < -0.39 is 10.2 Å². The zero-order valence-corrected chi connectivity index (χ0v) is 8.31. The van der Waals surface area contributed by atoms with Crippen LogP contribution in [-0.4, -0.2) is 52.8 Å². The largest absolute Gasteiger partial charge is 2.00 e. The Balaban J connectivity index is -0.000000127. The molecule has 0 saturated heterocycles. The fourth-order valence-electron chi connectivity index (χ4n) is 0.264. The average molecular weight is 219 g/mol. The van der Waals surface area contributed by atoms with E-state index in [2.05, 4.69) is 9.73 Å². The van der Waals surface area contributed by atoms with E-state index in [1.54, 1.807) is 0 Å². The van der Waals surface area contributed by atoms with Crippen molar-refractivity contribution in [2.75, 3.05) is 13.2 Å². The van der Waals surface area contributed by atoms with Gasteiger partial charge in [-0.2, -0.15) is 0 Å². The number of hydrogen-bond acceptors (Lipinski definition) is 8. The molecule has 0 aromatic carbocycles. The Morgan fingerprint density at radius 2 is 1.50 bits per heavy atom. The maximum absolute atomic E-state index is 8.25. The molecule has 0 spiro atoms. The summed E-state index contributed by atoms with van der Waals surface area (Å²) in [5, 5.41) is 29.5. The van der Waals surface area contributed by atoms with Crippen molar-refractivity contribution in [3.63, 3.8) is 0 Å². The first-order valence-electron chi connectivity index (χ1n) is 2.69. The van der Waals surface area contributed by atoms with E-state index in [1.807, 2.05) is 0 Å². The molecule has 0 N–H and O–H groups in total. The summed E-state index contributed by atoms with van der Waals surface area (Å²) in [6.45, 7) is 1.62. The zero-order valence-electron chi connectivity index (χ0n) is 6.90. The molecule has 0 radical (unpaired) electrons. The van der Waals surface area contributed by atoms with Gasteiger partial charge in [0.1, 0.15) is 6.61 Å². The van der Waals surface area contributed by atoms with Crippen molar-refractivity contribution in [1.29, 1.82) is 0 Å². The van der Waals surface area contributed by atoms with Gasteiger partial charge in [0.15, 0.2) is 6.40 Å². The van der Waals surface area contributed by atoms with E-state index >= 15 is 0 Å². The van der Waals surface area contributed by atoms with Gasteiger partial charge in [0.2, 0.25) is 0 Å². The van der Waals surface area contributed by atoms with Crippen LogP contribution in [-0.2, 0) is 4.74 Å². The summed E-state index contributed by atoms with van der Waals surface area (Å²) in [4.78, 5) is 20.2. The summed E-state index contributed by atoms with van der Waals surface area (Å²) in [6, 6.07) is 0. The molecule has 1 aliphatic heterocycles. The first-order chi connectivity index (χ1) is 5.96. The van der Waals surface area contributed by atoms with Gasteiger partial charge in [0.05, 0.1) is 16.7 Å². The van der Waals surface area contributed by atoms with Crippen LogP contribution in [0.15, 0.2) is 4.99 Å². The van der Waals surface area contributed by atoms with Crippen molar-refractivity contribution < 1.29 is 14.9 Å². The molecular formula is C3H5MgN3O7. The Morgan fingerprint density at radius 1 is 1.14 bits per heavy atom. The molecule has 0 amide bonds. The van der Waals surface area contributed by atoms with Gasteiger partial charge >= 0.3 is 23.1 Å². The van der Waals surface area contributed by atoms with Gasteiger partial charge in [0, 0.05) is 0 Å². The van der Waals surface area contributed by atoms with Gasteiger partial charge in [-0.15, -0.1) is 0 Å². The average Bonchev–Trinajstić information content (AvgIpc) is 2.35. The predicted molar refractivity (Wildman–Crippen MR) is 45.8 cm³/mol. The minimum atomic E-state index is -1.75. The quantitative estimate of drug-likeness (QED) is 0.293. The standard InChI is InChI=1S/C3H5NO.Mg.2NO3/c1-2-5-3-4-1;;2*2-1(3)4/h3H,1-2H2;;;/q;+2;2*-1.